The quantitative estimate of drug-likeness (QED) is 0.850. The van der Waals surface area contributed by atoms with Gasteiger partial charge in [0.25, 0.3) is 6.43 Å². The maximum absolute atomic E-state index is 12.5. The third-order valence-electron chi connectivity index (χ3n) is 2.43. The van der Waals surface area contributed by atoms with E-state index in [4.69, 9.17) is 5.73 Å². The monoisotopic (exact) mass is 223 g/mol. The van der Waals surface area contributed by atoms with E-state index in [2.05, 4.69) is 5.10 Å². The molecule has 0 aliphatic rings. The van der Waals surface area contributed by atoms with Gasteiger partial charge in [-0.1, -0.05) is 18.2 Å². The minimum absolute atomic E-state index is 0.0132. The van der Waals surface area contributed by atoms with Gasteiger partial charge in [0.15, 0.2) is 0 Å². The summed E-state index contributed by atoms with van der Waals surface area (Å²) >= 11 is 0. The van der Waals surface area contributed by atoms with Crippen molar-refractivity contribution in [2.24, 2.45) is 7.05 Å². The lowest BCUT2D eigenvalue weighted by atomic mass is 10.1. The first-order valence-corrected chi connectivity index (χ1v) is 4.75. The Bertz CT molecular complexity index is 506. The van der Waals surface area contributed by atoms with Gasteiger partial charge in [0.2, 0.25) is 0 Å². The second kappa shape index (κ2) is 3.92. The highest BCUT2D eigenvalue weighted by molar-refractivity contribution is 5.73. The van der Waals surface area contributed by atoms with E-state index in [-0.39, 0.29) is 5.56 Å². The summed E-state index contributed by atoms with van der Waals surface area (Å²) in [6.45, 7) is 0. The van der Waals surface area contributed by atoms with Crippen molar-refractivity contribution < 1.29 is 8.78 Å². The molecule has 84 valence electrons. The average molecular weight is 223 g/mol. The lowest BCUT2D eigenvalue weighted by molar-refractivity contribution is 0.151. The van der Waals surface area contributed by atoms with Gasteiger partial charge in [-0.05, 0) is 11.6 Å². The van der Waals surface area contributed by atoms with Crippen LogP contribution >= 0.6 is 0 Å². The normalized spacial score (nSPS) is 11.0. The molecule has 2 rings (SSSR count). The van der Waals surface area contributed by atoms with Crippen LogP contribution in [0.25, 0.3) is 11.1 Å². The smallest absolute Gasteiger partial charge is 0.263 e. The van der Waals surface area contributed by atoms with E-state index in [1.54, 1.807) is 25.4 Å². The molecule has 0 fully saturated rings. The summed E-state index contributed by atoms with van der Waals surface area (Å²) in [5.41, 5.74) is 7.09. The SMILES string of the molecule is Cn1ncc(-c2cccc(C(F)F)c2)c1N. The number of benzene rings is 1. The van der Waals surface area contributed by atoms with Gasteiger partial charge in [-0.25, -0.2) is 8.78 Å². The number of nitrogen functional groups attached to an aromatic ring is 1. The summed E-state index contributed by atoms with van der Waals surface area (Å²) < 4.78 is 26.5. The highest BCUT2D eigenvalue weighted by Crippen LogP contribution is 2.28. The second-order valence-electron chi connectivity index (χ2n) is 3.49. The molecule has 0 saturated heterocycles. The molecule has 5 heteroatoms. The average Bonchev–Trinajstić information content (AvgIpc) is 2.60. The minimum atomic E-state index is -2.47. The maximum Gasteiger partial charge on any atom is 0.263 e. The van der Waals surface area contributed by atoms with E-state index in [0.29, 0.717) is 16.9 Å². The Hall–Kier alpha value is -1.91. The fourth-order valence-electron chi connectivity index (χ4n) is 1.51. The van der Waals surface area contributed by atoms with E-state index in [1.807, 2.05) is 0 Å². The number of nitrogens with zero attached hydrogens (tertiary/aromatic N) is 2. The molecule has 2 aromatic rings. The summed E-state index contributed by atoms with van der Waals surface area (Å²) in [6.07, 6.45) is -0.905. The van der Waals surface area contributed by atoms with Crippen LogP contribution in [0.1, 0.15) is 12.0 Å². The van der Waals surface area contributed by atoms with Crippen LogP contribution < -0.4 is 5.73 Å². The van der Waals surface area contributed by atoms with Gasteiger partial charge in [0, 0.05) is 18.2 Å². The molecule has 0 amide bonds. The summed E-state index contributed by atoms with van der Waals surface area (Å²) in [6, 6.07) is 6.14. The van der Waals surface area contributed by atoms with Gasteiger partial charge in [-0.15, -0.1) is 0 Å². The molecule has 1 aromatic carbocycles. The van der Waals surface area contributed by atoms with Crippen molar-refractivity contribution in [1.82, 2.24) is 9.78 Å². The molecular weight excluding hydrogens is 212 g/mol. The Labute approximate surface area is 91.5 Å². The zero-order chi connectivity index (χ0) is 11.7. The molecule has 0 unspecified atom stereocenters. The number of aryl methyl sites for hydroxylation is 1. The molecule has 1 aromatic heterocycles. The zero-order valence-electron chi connectivity index (χ0n) is 8.69. The summed E-state index contributed by atoms with van der Waals surface area (Å²) in [5, 5.41) is 3.97. The molecule has 2 N–H and O–H groups in total. The predicted molar refractivity (Wildman–Crippen MR) is 58.0 cm³/mol. The number of hydrogen-bond donors (Lipinski definition) is 1. The van der Waals surface area contributed by atoms with Gasteiger partial charge in [0.05, 0.1) is 6.20 Å². The van der Waals surface area contributed by atoms with Crippen LogP contribution in [0.2, 0.25) is 0 Å². The Balaban J connectivity index is 2.48. The van der Waals surface area contributed by atoms with Gasteiger partial charge in [-0.2, -0.15) is 5.10 Å². The molecule has 1 heterocycles. The van der Waals surface area contributed by atoms with Crippen molar-refractivity contribution in [3.8, 4) is 11.1 Å². The third kappa shape index (κ3) is 1.76. The highest BCUT2D eigenvalue weighted by Gasteiger charge is 2.11. The fourth-order valence-corrected chi connectivity index (χ4v) is 1.51. The number of hydrogen-bond acceptors (Lipinski definition) is 2. The van der Waals surface area contributed by atoms with Gasteiger partial charge in [0.1, 0.15) is 5.82 Å². The van der Waals surface area contributed by atoms with E-state index in [0.717, 1.165) is 0 Å². The molecule has 3 nitrogen and oxygen atoms in total. The summed E-state index contributed by atoms with van der Waals surface area (Å²) in [4.78, 5) is 0. The van der Waals surface area contributed by atoms with Crippen LogP contribution in [-0.4, -0.2) is 9.78 Å². The fraction of sp³-hybridized carbons (Fsp3) is 0.182. The number of alkyl halides is 2. The Morgan fingerprint density at radius 1 is 1.38 bits per heavy atom. The number of nitrogens with two attached hydrogens (primary N) is 1. The first kappa shape index (κ1) is 10.6. The van der Waals surface area contributed by atoms with Crippen molar-refractivity contribution in [3.05, 3.63) is 36.0 Å². The van der Waals surface area contributed by atoms with Crippen LogP contribution in [0.4, 0.5) is 14.6 Å². The van der Waals surface area contributed by atoms with Crippen LogP contribution in [0.15, 0.2) is 30.5 Å². The van der Waals surface area contributed by atoms with E-state index in [9.17, 15) is 8.78 Å². The molecule has 0 aliphatic heterocycles. The standard InChI is InChI=1S/C11H11F2N3/c1-16-11(14)9(6-15-16)7-3-2-4-8(5-7)10(12)13/h2-6,10H,14H2,1H3. The molecule has 0 aliphatic carbocycles. The van der Waals surface area contributed by atoms with Crippen LogP contribution in [0.3, 0.4) is 0 Å². The van der Waals surface area contributed by atoms with Crippen LogP contribution in [-0.2, 0) is 7.05 Å². The second-order valence-corrected chi connectivity index (χ2v) is 3.49. The summed E-state index contributed by atoms with van der Waals surface area (Å²) in [5.74, 6) is 0.464. The van der Waals surface area contributed by atoms with Gasteiger partial charge in [-0.3, -0.25) is 4.68 Å². The van der Waals surface area contributed by atoms with Gasteiger partial charge >= 0.3 is 0 Å². The molecule has 0 radical (unpaired) electrons. The van der Waals surface area contributed by atoms with E-state index >= 15 is 0 Å². The topological polar surface area (TPSA) is 43.8 Å². The van der Waals surface area contributed by atoms with Crippen molar-refractivity contribution in [1.29, 1.82) is 0 Å². The number of anilines is 1. The van der Waals surface area contributed by atoms with Crippen LogP contribution in [0, 0.1) is 0 Å². The van der Waals surface area contributed by atoms with Crippen LogP contribution in [0.5, 0.6) is 0 Å². The maximum atomic E-state index is 12.5. The largest absolute Gasteiger partial charge is 0.383 e. The lowest BCUT2D eigenvalue weighted by Crippen LogP contribution is -1.98. The zero-order valence-corrected chi connectivity index (χ0v) is 8.69. The van der Waals surface area contributed by atoms with Gasteiger partial charge < -0.3 is 5.73 Å². The molecule has 0 bridgehead atoms. The van der Waals surface area contributed by atoms with Crippen molar-refractivity contribution in [2.75, 3.05) is 5.73 Å². The van der Waals surface area contributed by atoms with Crippen molar-refractivity contribution in [2.45, 2.75) is 6.43 Å². The molecule has 0 saturated carbocycles. The van der Waals surface area contributed by atoms with E-state index in [1.165, 1.54) is 16.8 Å². The summed E-state index contributed by atoms with van der Waals surface area (Å²) in [7, 11) is 1.70. The number of halogens is 2. The minimum Gasteiger partial charge on any atom is -0.383 e. The van der Waals surface area contributed by atoms with E-state index < -0.39 is 6.43 Å². The predicted octanol–water partition coefficient (Wildman–Crippen LogP) is 2.61. The highest BCUT2D eigenvalue weighted by atomic mass is 19.3. The number of rotatable bonds is 2. The number of aromatic nitrogens is 2. The third-order valence-corrected chi connectivity index (χ3v) is 2.43. The first-order valence-electron chi connectivity index (χ1n) is 4.75. The molecule has 0 spiro atoms. The molecule has 16 heavy (non-hydrogen) atoms. The van der Waals surface area contributed by atoms with Crippen molar-refractivity contribution >= 4 is 5.82 Å². The Morgan fingerprint density at radius 3 is 2.69 bits per heavy atom. The lowest BCUT2D eigenvalue weighted by Gasteiger charge is -2.04. The first-order chi connectivity index (χ1) is 7.59. The molecule has 0 atom stereocenters. The Kier molecular flexibility index (Phi) is 2.60. The molecular formula is C11H11F2N3. The van der Waals surface area contributed by atoms with Crippen molar-refractivity contribution in [3.63, 3.8) is 0 Å². The Morgan fingerprint density at radius 2 is 2.12 bits per heavy atom.